The van der Waals surface area contributed by atoms with Gasteiger partial charge in [0.15, 0.2) is 0 Å². The standard InChI is InChI=1S/C17H18ClN3O2/c18-14-2-4-15(5-3-14)20-7-9-21(10-8-20)19-12-13-1-6-16(22)11-17(13)23/h1-6,11-12,22-23H,7-10H2. The van der Waals surface area contributed by atoms with Crippen LogP contribution in [0, 0.1) is 0 Å². The molecular weight excluding hydrogens is 314 g/mol. The number of phenols is 2. The number of aromatic hydroxyl groups is 2. The molecule has 2 N–H and O–H groups in total. The van der Waals surface area contributed by atoms with E-state index in [1.165, 1.54) is 12.1 Å². The van der Waals surface area contributed by atoms with Gasteiger partial charge in [0.25, 0.3) is 0 Å². The fourth-order valence-electron chi connectivity index (χ4n) is 2.51. The minimum Gasteiger partial charge on any atom is -0.508 e. The van der Waals surface area contributed by atoms with Gasteiger partial charge < -0.3 is 15.1 Å². The van der Waals surface area contributed by atoms with Crippen molar-refractivity contribution in [3.8, 4) is 11.5 Å². The van der Waals surface area contributed by atoms with Crippen molar-refractivity contribution in [2.75, 3.05) is 31.1 Å². The van der Waals surface area contributed by atoms with E-state index in [0.717, 1.165) is 36.9 Å². The Morgan fingerprint density at radius 3 is 2.30 bits per heavy atom. The zero-order valence-electron chi connectivity index (χ0n) is 12.6. The van der Waals surface area contributed by atoms with Crippen molar-refractivity contribution in [1.82, 2.24) is 5.01 Å². The number of hydrogen-bond donors (Lipinski definition) is 2. The summed E-state index contributed by atoms with van der Waals surface area (Å²) in [7, 11) is 0. The molecule has 0 aromatic heterocycles. The van der Waals surface area contributed by atoms with E-state index in [-0.39, 0.29) is 11.5 Å². The van der Waals surface area contributed by atoms with E-state index in [1.54, 1.807) is 12.3 Å². The number of anilines is 1. The molecule has 3 rings (SSSR count). The predicted octanol–water partition coefficient (Wildman–Crippen LogP) is 2.91. The zero-order chi connectivity index (χ0) is 16.2. The molecule has 0 spiro atoms. The smallest absolute Gasteiger partial charge is 0.128 e. The van der Waals surface area contributed by atoms with Crippen LogP contribution in [0.3, 0.4) is 0 Å². The number of piperazine rings is 1. The second-order valence-corrected chi connectivity index (χ2v) is 5.84. The summed E-state index contributed by atoms with van der Waals surface area (Å²) in [6, 6.07) is 12.3. The van der Waals surface area contributed by atoms with E-state index in [1.807, 2.05) is 29.3 Å². The average Bonchev–Trinajstić information content (AvgIpc) is 2.55. The summed E-state index contributed by atoms with van der Waals surface area (Å²) in [6.07, 6.45) is 1.62. The summed E-state index contributed by atoms with van der Waals surface area (Å²) in [5, 5.41) is 26.1. The van der Waals surface area contributed by atoms with Crippen molar-refractivity contribution in [1.29, 1.82) is 0 Å². The predicted molar refractivity (Wildman–Crippen MR) is 92.6 cm³/mol. The number of nitrogens with zero attached hydrogens (tertiary/aromatic N) is 3. The normalized spacial score (nSPS) is 15.3. The van der Waals surface area contributed by atoms with Gasteiger partial charge >= 0.3 is 0 Å². The maximum absolute atomic E-state index is 9.75. The first-order chi connectivity index (χ1) is 11.1. The monoisotopic (exact) mass is 331 g/mol. The largest absolute Gasteiger partial charge is 0.508 e. The second-order valence-electron chi connectivity index (χ2n) is 5.40. The third-order valence-electron chi connectivity index (χ3n) is 3.82. The molecule has 1 aliphatic rings. The molecule has 0 atom stereocenters. The van der Waals surface area contributed by atoms with Crippen LogP contribution in [-0.4, -0.2) is 47.6 Å². The topological polar surface area (TPSA) is 59.3 Å². The van der Waals surface area contributed by atoms with E-state index >= 15 is 0 Å². The minimum atomic E-state index is 0.0218. The highest BCUT2D eigenvalue weighted by Crippen LogP contribution is 2.22. The van der Waals surface area contributed by atoms with Crippen LogP contribution in [0.2, 0.25) is 5.02 Å². The van der Waals surface area contributed by atoms with Crippen molar-refractivity contribution >= 4 is 23.5 Å². The third-order valence-corrected chi connectivity index (χ3v) is 4.07. The summed E-state index contributed by atoms with van der Waals surface area (Å²) in [5.41, 5.74) is 1.75. The summed E-state index contributed by atoms with van der Waals surface area (Å²) in [6.45, 7) is 3.36. The SMILES string of the molecule is Oc1ccc(C=NN2CCN(c3ccc(Cl)cc3)CC2)c(O)c1. The van der Waals surface area contributed by atoms with Gasteiger partial charge in [0, 0.05) is 35.4 Å². The first-order valence-corrected chi connectivity index (χ1v) is 7.81. The lowest BCUT2D eigenvalue weighted by molar-refractivity contribution is 0.272. The Bertz CT molecular complexity index is 695. The Kier molecular flexibility index (Phi) is 4.57. The molecule has 2 aromatic rings. The zero-order valence-corrected chi connectivity index (χ0v) is 13.3. The quantitative estimate of drug-likeness (QED) is 0.849. The van der Waals surface area contributed by atoms with E-state index < -0.39 is 0 Å². The molecule has 5 nitrogen and oxygen atoms in total. The molecule has 2 aromatic carbocycles. The molecule has 6 heteroatoms. The first kappa shape index (κ1) is 15.5. The second kappa shape index (κ2) is 6.79. The minimum absolute atomic E-state index is 0.0218. The first-order valence-electron chi connectivity index (χ1n) is 7.43. The average molecular weight is 332 g/mol. The molecule has 23 heavy (non-hydrogen) atoms. The Labute approximate surface area is 140 Å². The Morgan fingerprint density at radius 2 is 1.65 bits per heavy atom. The van der Waals surface area contributed by atoms with Crippen LogP contribution in [0.25, 0.3) is 0 Å². The Hall–Kier alpha value is -2.40. The van der Waals surface area contributed by atoms with Crippen LogP contribution in [-0.2, 0) is 0 Å². The molecule has 1 aliphatic heterocycles. The van der Waals surface area contributed by atoms with Crippen LogP contribution < -0.4 is 4.90 Å². The lowest BCUT2D eigenvalue weighted by Crippen LogP contribution is -2.44. The molecule has 0 saturated carbocycles. The lowest BCUT2D eigenvalue weighted by atomic mass is 10.2. The number of phenolic OH excluding ortho intramolecular Hbond substituents is 2. The highest BCUT2D eigenvalue weighted by Gasteiger charge is 2.15. The van der Waals surface area contributed by atoms with Crippen LogP contribution in [0.15, 0.2) is 47.6 Å². The van der Waals surface area contributed by atoms with Crippen LogP contribution in [0.5, 0.6) is 11.5 Å². The molecular formula is C17H18ClN3O2. The van der Waals surface area contributed by atoms with Gasteiger partial charge in [-0.25, -0.2) is 0 Å². The fourth-order valence-corrected chi connectivity index (χ4v) is 2.63. The van der Waals surface area contributed by atoms with Gasteiger partial charge in [-0.15, -0.1) is 0 Å². The van der Waals surface area contributed by atoms with Gasteiger partial charge in [-0.3, -0.25) is 5.01 Å². The highest BCUT2D eigenvalue weighted by molar-refractivity contribution is 6.30. The maximum Gasteiger partial charge on any atom is 0.128 e. The van der Waals surface area contributed by atoms with Gasteiger partial charge in [-0.05, 0) is 36.4 Å². The van der Waals surface area contributed by atoms with Gasteiger partial charge in [0.1, 0.15) is 11.5 Å². The lowest BCUT2D eigenvalue weighted by Gasteiger charge is -2.34. The van der Waals surface area contributed by atoms with Crippen molar-refractivity contribution in [2.24, 2.45) is 5.10 Å². The number of halogens is 1. The number of benzene rings is 2. The van der Waals surface area contributed by atoms with Crippen molar-refractivity contribution in [2.45, 2.75) is 0 Å². The fraction of sp³-hybridized carbons (Fsp3) is 0.235. The van der Waals surface area contributed by atoms with Crippen LogP contribution >= 0.6 is 11.6 Å². The van der Waals surface area contributed by atoms with Gasteiger partial charge in [0.05, 0.1) is 19.3 Å². The molecule has 1 saturated heterocycles. The molecule has 1 fully saturated rings. The Morgan fingerprint density at radius 1 is 0.957 bits per heavy atom. The van der Waals surface area contributed by atoms with Crippen LogP contribution in [0.4, 0.5) is 5.69 Å². The Balaban J connectivity index is 1.58. The summed E-state index contributed by atoms with van der Waals surface area (Å²) in [4.78, 5) is 2.29. The molecule has 0 amide bonds. The summed E-state index contributed by atoms with van der Waals surface area (Å²) < 4.78 is 0. The van der Waals surface area contributed by atoms with Gasteiger partial charge in [0.2, 0.25) is 0 Å². The molecule has 0 aliphatic carbocycles. The van der Waals surface area contributed by atoms with Crippen molar-refractivity contribution < 1.29 is 10.2 Å². The van der Waals surface area contributed by atoms with E-state index in [4.69, 9.17) is 11.6 Å². The molecule has 1 heterocycles. The van der Waals surface area contributed by atoms with Crippen molar-refractivity contribution in [3.63, 3.8) is 0 Å². The molecule has 0 bridgehead atoms. The molecule has 120 valence electrons. The summed E-state index contributed by atoms with van der Waals surface area (Å²) >= 11 is 5.91. The van der Waals surface area contributed by atoms with Gasteiger partial charge in [-0.1, -0.05) is 11.6 Å². The van der Waals surface area contributed by atoms with E-state index in [2.05, 4.69) is 10.0 Å². The maximum atomic E-state index is 9.75. The number of hydrogen-bond acceptors (Lipinski definition) is 5. The molecule has 0 radical (unpaired) electrons. The molecule has 0 unspecified atom stereocenters. The van der Waals surface area contributed by atoms with Gasteiger partial charge in [-0.2, -0.15) is 5.10 Å². The highest BCUT2D eigenvalue weighted by atomic mass is 35.5. The third kappa shape index (κ3) is 3.87. The van der Waals surface area contributed by atoms with E-state index in [0.29, 0.717) is 5.56 Å². The summed E-state index contributed by atoms with van der Waals surface area (Å²) in [5.74, 6) is 0.0600. The van der Waals surface area contributed by atoms with Crippen LogP contribution in [0.1, 0.15) is 5.56 Å². The number of rotatable bonds is 3. The van der Waals surface area contributed by atoms with Crippen molar-refractivity contribution in [3.05, 3.63) is 53.1 Å². The van der Waals surface area contributed by atoms with E-state index in [9.17, 15) is 10.2 Å². The number of hydrazone groups is 1.